The molecule has 0 aromatic heterocycles. The highest BCUT2D eigenvalue weighted by Crippen LogP contribution is 2.16. The number of benzene rings is 1. The Kier molecular flexibility index (Phi) is 6.67. The van der Waals surface area contributed by atoms with Crippen LogP contribution in [0.25, 0.3) is 0 Å². The molecule has 18 heavy (non-hydrogen) atoms. The van der Waals surface area contributed by atoms with Crippen molar-refractivity contribution in [3.63, 3.8) is 0 Å². The molecule has 0 aliphatic carbocycles. The van der Waals surface area contributed by atoms with Gasteiger partial charge in [0.15, 0.2) is 0 Å². The van der Waals surface area contributed by atoms with Crippen molar-refractivity contribution >= 4 is 15.9 Å². The van der Waals surface area contributed by atoms with E-state index >= 15 is 0 Å². The van der Waals surface area contributed by atoms with Gasteiger partial charge in [0.2, 0.25) is 0 Å². The van der Waals surface area contributed by atoms with Gasteiger partial charge in [0.05, 0.1) is 0 Å². The summed E-state index contributed by atoms with van der Waals surface area (Å²) < 4.78 is 42.1. The smallest absolute Gasteiger partial charge is 0.261 e. The third-order valence-electron chi connectivity index (χ3n) is 2.30. The first kappa shape index (κ1) is 15.5. The van der Waals surface area contributed by atoms with Gasteiger partial charge in [0.25, 0.3) is 6.43 Å². The third-order valence-corrected chi connectivity index (χ3v) is 2.75. The minimum absolute atomic E-state index is 0.183. The summed E-state index contributed by atoms with van der Waals surface area (Å²) in [6.07, 6.45) is -1.52. The molecule has 0 aliphatic heterocycles. The van der Waals surface area contributed by atoms with Crippen LogP contribution in [0.15, 0.2) is 22.7 Å². The first-order chi connectivity index (χ1) is 8.47. The van der Waals surface area contributed by atoms with Gasteiger partial charge in [-0.05, 0) is 36.6 Å². The van der Waals surface area contributed by atoms with Crippen molar-refractivity contribution in [3.05, 3.63) is 34.1 Å². The summed E-state index contributed by atoms with van der Waals surface area (Å²) in [4.78, 5) is 0. The number of hydrogen-bond acceptors (Lipinski definition) is 2. The molecule has 1 aromatic rings. The van der Waals surface area contributed by atoms with Crippen LogP contribution in [0.4, 0.5) is 13.2 Å². The highest BCUT2D eigenvalue weighted by molar-refractivity contribution is 9.10. The molecule has 2 nitrogen and oxygen atoms in total. The van der Waals surface area contributed by atoms with Gasteiger partial charge < -0.3 is 10.5 Å². The SMILES string of the molecule is NC(CCOCC(F)F)Cc1cc(F)cc(Br)c1. The van der Waals surface area contributed by atoms with E-state index in [9.17, 15) is 13.2 Å². The van der Waals surface area contributed by atoms with E-state index in [1.807, 2.05) is 0 Å². The van der Waals surface area contributed by atoms with Gasteiger partial charge in [-0.15, -0.1) is 0 Å². The van der Waals surface area contributed by atoms with Crippen LogP contribution in [-0.2, 0) is 11.2 Å². The number of halogens is 4. The molecule has 1 unspecified atom stereocenters. The van der Waals surface area contributed by atoms with Gasteiger partial charge in [0, 0.05) is 17.1 Å². The molecule has 6 heteroatoms. The second-order valence-corrected chi connectivity index (χ2v) is 4.91. The maximum atomic E-state index is 13.1. The Labute approximate surface area is 112 Å². The number of nitrogens with two attached hydrogens (primary N) is 1. The number of ether oxygens (including phenoxy) is 1. The van der Waals surface area contributed by atoms with E-state index in [2.05, 4.69) is 15.9 Å². The summed E-state index contributed by atoms with van der Waals surface area (Å²) in [5, 5.41) is 0. The predicted octanol–water partition coefficient (Wildman–Crippen LogP) is 3.13. The van der Waals surface area contributed by atoms with Crippen LogP contribution in [0.5, 0.6) is 0 Å². The van der Waals surface area contributed by atoms with Gasteiger partial charge in [-0.3, -0.25) is 0 Å². The zero-order chi connectivity index (χ0) is 13.5. The van der Waals surface area contributed by atoms with E-state index in [0.717, 1.165) is 5.56 Å². The number of alkyl halides is 2. The molecule has 0 saturated carbocycles. The second-order valence-electron chi connectivity index (χ2n) is 4.00. The van der Waals surface area contributed by atoms with Gasteiger partial charge in [-0.1, -0.05) is 15.9 Å². The molecule has 1 atom stereocenters. The Balaban J connectivity index is 2.33. The van der Waals surface area contributed by atoms with Crippen LogP contribution in [0.3, 0.4) is 0 Å². The summed E-state index contributed by atoms with van der Waals surface area (Å²) in [5.41, 5.74) is 6.58. The highest BCUT2D eigenvalue weighted by atomic mass is 79.9. The van der Waals surface area contributed by atoms with Gasteiger partial charge in [-0.2, -0.15) is 0 Å². The minimum atomic E-state index is -2.46. The molecular formula is C12H15BrF3NO. The van der Waals surface area contributed by atoms with E-state index in [1.165, 1.54) is 12.1 Å². The van der Waals surface area contributed by atoms with Crippen molar-refractivity contribution in [2.45, 2.75) is 25.3 Å². The zero-order valence-corrected chi connectivity index (χ0v) is 11.3. The van der Waals surface area contributed by atoms with Crippen molar-refractivity contribution in [1.82, 2.24) is 0 Å². The first-order valence-corrected chi connectivity index (χ1v) is 6.33. The molecule has 0 heterocycles. The predicted molar refractivity (Wildman–Crippen MR) is 67.2 cm³/mol. The maximum Gasteiger partial charge on any atom is 0.261 e. The number of rotatable bonds is 7. The molecule has 102 valence electrons. The Morgan fingerprint density at radius 1 is 1.28 bits per heavy atom. The van der Waals surface area contributed by atoms with E-state index in [-0.39, 0.29) is 18.5 Å². The van der Waals surface area contributed by atoms with Gasteiger partial charge in [0.1, 0.15) is 12.4 Å². The van der Waals surface area contributed by atoms with E-state index in [0.29, 0.717) is 17.3 Å². The largest absolute Gasteiger partial charge is 0.375 e. The molecule has 1 rings (SSSR count). The monoisotopic (exact) mass is 325 g/mol. The van der Waals surface area contributed by atoms with E-state index in [4.69, 9.17) is 10.5 Å². The third kappa shape index (κ3) is 6.37. The molecule has 0 spiro atoms. The fourth-order valence-corrected chi connectivity index (χ4v) is 2.05. The molecule has 1 aromatic carbocycles. The van der Waals surface area contributed by atoms with E-state index in [1.54, 1.807) is 6.07 Å². The molecule has 0 bridgehead atoms. The van der Waals surface area contributed by atoms with Crippen LogP contribution >= 0.6 is 15.9 Å². The Morgan fingerprint density at radius 3 is 2.61 bits per heavy atom. The molecule has 0 radical (unpaired) electrons. The number of hydrogen-bond donors (Lipinski definition) is 1. The van der Waals surface area contributed by atoms with Gasteiger partial charge >= 0.3 is 0 Å². The highest BCUT2D eigenvalue weighted by Gasteiger charge is 2.08. The quantitative estimate of drug-likeness (QED) is 0.782. The molecule has 0 aliphatic rings. The first-order valence-electron chi connectivity index (χ1n) is 5.54. The zero-order valence-electron chi connectivity index (χ0n) is 9.71. The minimum Gasteiger partial charge on any atom is -0.375 e. The van der Waals surface area contributed by atoms with Crippen molar-refractivity contribution in [2.24, 2.45) is 5.73 Å². The second kappa shape index (κ2) is 7.76. The Morgan fingerprint density at radius 2 is 2.00 bits per heavy atom. The van der Waals surface area contributed by atoms with Crippen molar-refractivity contribution in [3.8, 4) is 0 Å². The van der Waals surface area contributed by atoms with Crippen LogP contribution in [0.2, 0.25) is 0 Å². The average molecular weight is 326 g/mol. The lowest BCUT2D eigenvalue weighted by Gasteiger charge is -2.12. The summed E-state index contributed by atoms with van der Waals surface area (Å²) in [5.74, 6) is -0.333. The average Bonchev–Trinajstić information content (AvgIpc) is 2.22. The van der Waals surface area contributed by atoms with Crippen LogP contribution in [-0.4, -0.2) is 25.7 Å². The topological polar surface area (TPSA) is 35.2 Å². The maximum absolute atomic E-state index is 13.1. The van der Waals surface area contributed by atoms with Crippen LogP contribution < -0.4 is 5.73 Å². The lowest BCUT2D eigenvalue weighted by molar-refractivity contribution is 0.0153. The molecule has 0 fully saturated rings. The van der Waals surface area contributed by atoms with E-state index < -0.39 is 13.0 Å². The Bertz CT molecular complexity index is 356. The van der Waals surface area contributed by atoms with Crippen molar-refractivity contribution in [1.29, 1.82) is 0 Å². The summed E-state index contributed by atoms with van der Waals surface area (Å²) in [6.45, 7) is -0.389. The molecule has 0 saturated heterocycles. The van der Waals surface area contributed by atoms with Gasteiger partial charge in [-0.25, -0.2) is 13.2 Å². The standard InChI is InChI=1S/C12H15BrF3NO/c13-9-3-8(4-10(14)6-9)5-11(17)1-2-18-7-12(15)16/h3-4,6,11-12H,1-2,5,7,17H2. The summed E-state index contributed by atoms with van der Waals surface area (Å²) in [7, 11) is 0. The lowest BCUT2D eigenvalue weighted by Crippen LogP contribution is -2.25. The van der Waals surface area contributed by atoms with Crippen molar-refractivity contribution in [2.75, 3.05) is 13.2 Å². The summed E-state index contributed by atoms with van der Waals surface area (Å²) in [6, 6.07) is 4.31. The fourth-order valence-electron chi connectivity index (χ4n) is 1.54. The molecule has 2 N–H and O–H groups in total. The normalized spacial score (nSPS) is 13.0. The van der Waals surface area contributed by atoms with Crippen molar-refractivity contribution < 1.29 is 17.9 Å². The molecular weight excluding hydrogens is 311 g/mol. The van der Waals surface area contributed by atoms with Crippen LogP contribution in [0.1, 0.15) is 12.0 Å². The molecule has 0 amide bonds. The summed E-state index contributed by atoms with van der Waals surface area (Å²) >= 11 is 3.19. The Hall–Kier alpha value is -0.590. The lowest BCUT2D eigenvalue weighted by atomic mass is 10.0. The van der Waals surface area contributed by atoms with Crippen LogP contribution in [0, 0.1) is 5.82 Å². The fraction of sp³-hybridized carbons (Fsp3) is 0.500.